The second kappa shape index (κ2) is 7.21. The molecule has 3 heterocycles. The minimum atomic E-state index is -2.93. The van der Waals surface area contributed by atoms with Crippen molar-refractivity contribution < 1.29 is 23.7 Å². The number of rotatable bonds is 4. The zero-order valence-electron chi connectivity index (χ0n) is 14.4. The Morgan fingerprint density at radius 1 is 1.15 bits per heavy atom. The monoisotopic (exact) mass is 375 g/mol. The number of phenolic OH excluding ortho intramolecular Hbond substituents is 1. The fourth-order valence-electron chi connectivity index (χ4n) is 3.60. The summed E-state index contributed by atoms with van der Waals surface area (Å²) in [4.78, 5) is 3.08. The number of aromatic hydroxyl groups is 1. The smallest absolute Gasteiger partial charge is 0.268 e. The average molecular weight is 375 g/mol. The van der Waals surface area contributed by atoms with Crippen molar-refractivity contribution in [3.05, 3.63) is 41.6 Å². The second-order valence-corrected chi connectivity index (χ2v) is 6.63. The Bertz CT molecular complexity index is 955. The topological polar surface area (TPSA) is 91.3 Å². The minimum absolute atomic E-state index is 0.0160. The number of aliphatic hydroxyl groups is 1. The van der Waals surface area contributed by atoms with E-state index in [9.17, 15) is 19.0 Å². The van der Waals surface area contributed by atoms with Gasteiger partial charge in [-0.2, -0.15) is 0 Å². The van der Waals surface area contributed by atoms with Crippen molar-refractivity contribution in [2.24, 2.45) is 0 Å². The number of nitrogens with zero attached hydrogens (tertiary/aromatic N) is 2. The standard InChI is InChI=1S/C19H19F2N3O3/c20-18(21)17(26)15-12-9-13(11-3-1-2-4-14(11)25)23-24-19(12)22-16(15)10-5-7-27-8-6-10/h1-4,9-10,17-18,25-26H,5-8H2,(H,22,24)/t17-/m0/s1. The number of benzene rings is 1. The van der Waals surface area contributed by atoms with Crippen LogP contribution in [0, 0.1) is 0 Å². The number of H-pyrrole nitrogens is 1. The van der Waals surface area contributed by atoms with Crippen LogP contribution in [0.4, 0.5) is 8.78 Å². The van der Waals surface area contributed by atoms with Crippen LogP contribution in [0.5, 0.6) is 5.75 Å². The van der Waals surface area contributed by atoms with E-state index in [0.29, 0.717) is 54.0 Å². The molecule has 1 aromatic carbocycles. The Morgan fingerprint density at radius 3 is 2.59 bits per heavy atom. The van der Waals surface area contributed by atoms with Gasteiger partial charge in [-0.25, -0.2) is 8.78 Å². The quantitative estimate of drug-likeness (QED) is 0.649. The molecule has 1 fully saturated rings. The molecule has 0 spiro atoms. The van der Waals surface area contributed by atoms with E-state index in [4.69, 9.17) is 4.74 Å². The maximum atomic E-state index is 13.4. The molecule has 0 unspecified atom stereocenters. The van der Waals surface area contributed by atoms with Crippen molar-refractivity contribution in [1.29, 1.82) is 0 Å². The molecule has 6 nitrogen and oxygen atoms in total. The summed E-state index contributed by atoms with van der Waals surface area (Å²) in [6.45, 7) is 1.08. The van der Waals surface area contributed by atoms with Gasteiger partial charge in [0.2, 0.25) is 0 Å². The predicted octanol–water partition coefficient (Wildman–Crippen LogP) is 3.52. The highest BCUT2D eigenvalue weighted by atomic mass is 19.3. The molecule has 0 amide bonds. The van der Waals surface area contributed by atoms with Gasteiger partial charge in [0, 0.05) is 41.3 Å². The number of hydrogen-bond donors (Lipinski definition) is 3. The van der Waals surface area contributed by atoms with Gasteiger partial charge in [-0.15, -0.1) is 10.2 Å². The molecule has 27 heavy (non-hydrogen) atoms. The fourth-order valence-corrected chi connectivity index (χ4v) is 3.60. The minimum Gasteiger partial charge on any atom is -0.507 e. The summed E-state index contributed by atoms with van der Waals surface area (Å²) in [6, 6.07) is 8.18. The number of aromatic amines is 1. The molecule has 3 N–H and O–H groups in total. The lowest BCUT2D eigenvalue weighted by Crippen LogP contribution is -2.18. The molecule has 0 aliphatic carbocycles. The molecule has 142 valence electrons. The molecule has 0 bridgehead atoms. The van der Waals surface area contributed by atoms with Crippen molar-refractivity contribution in [2.75, 3.05) is 13.2 Å². The molecule has 4 rings (SSSR count). The number of fused-ring (bicyclic) bond motifs is 1. The van der Waals surface area contributed by atoms with Gasteiger partial charge in [-0.3, -0.25) is 0 Å². The fraction of sp³-hybridized carbons (Fsp3) is 0.368. The maximum Gasteiger partial charge on any atom is 0.268 e. The van der Waals surface area contributed by atoms with Crippen molar-refractivity contribution in [3.63, 3.8) is 0 Å². The van der Waals surface area contributed by atoms with Gasteiger partial charge in [0.05, 0.1) is 5.69 Å². The van der Waals surface area contributed by atoms with E-state index in [0.717, 1.165) is 0 Å². The summed E-state index contributed by atoms with van der Waals surface area (Å²) >= 11 is 0. The summed E-state index contributed by atoms with van der Waals surface area (Å²) < 4.78 is 32.1. The van der Waals surface area contributed by atoms with Crippen LogP contribution in [-0.2, 0) is 4.74 Å². The van der Waals surface area contributed by atoms with Gasteiger partial charge in [0.1, 0.15) is 11.9 Å². The van der Waals surface area contributed by atoms with E-state index < -0.39 is 12.5 Å². The van der Waals surface area contributed by atoms with E-state index in [1.807, 2.05) is 0 Å². The van der Waals surface area contributed by atoms with Crippen LogP contribution >= 0.6 is 0 Å². The van der Waals surface area contributed by atoms with Crippen molar-refractivity contribution in [3.8, 4) is 17.0 Å². The first kappa shape index (κ1) is 17.8. The van der Waals surface area contributed by atoms with Crippen LogP contribution in [0.25, 0.3) is 22.3 Å². The zero-order valence-corrected chi connectivity index (χ0v) is 14.4. The molecular formula is C19H19F2N3O3. The Morgan fingerprint density at radius 2 is 1.89 bits per heavy atom. The first-order valence-electron chi connectivity index (χ1n) is 8.77. The third-order valence-electron chi connectivity index (χ3n) is 4.97. The summed E-state index contributed by atoms with van der Waals surface area (Å²) in [6.07, 6.45) is -3.51. The highest BCUT2D eigenvalue weighted by Crippen LogP contribution is 2.39. The number of nitrogens with one attached hydrogen (secondary N) is 1. The van der Waals surface area contributed by atoms with Crippen molar-refractivity contribution in [1.82, 2.24) is 15.2 Å². The number of phenols is 1. The second-order valence-electron chi connectivity index (χ2n) is 6.63. The molecule has 0 saturated carbocycles. The molecule has 3 aromatic rings. The zero-order chi connectivity index (χ0) is 19.0. The SMILES string of the molecule is Oc1ccccc1-c1cc2c([C@H](O)C(F)F)c(C3CCOCC3)[nH]c2nn1. The van der Waals surface area contributed by atoms with Crippen LogP contribution in [-0.4, -0.2) is 45.0 Å². The number of hydrogen-bond acceptors (Lipinski definition) is 5. The first-order chi connectivity index (χ1) is 13.1. The van der Waals surface area contributed by atoms with Crippen LogP contribution < -0.4 is 0 Å². The van der Waals surface area contributed by atoms with Crippen molar-refractivity contribution in [2.45, 2.75) is 31.3 Å². The average Bonchev–Trinajstić information content (AvgIpc) is 3.07. The Kier molecular flexibility index (Phi) is 4.75. The van der Waals surface area contributed by atoms with Gasteiger partial charge >= 0.3 is 0 Å². The number of alkyl halides is 2. The largest absolute Gasteiger partial charge is 0.507 e. The summed E-state index contributed by atoms with van der Waals surface area (Å²) in [5, 5.41) is 28.9. The predicted molar refractivity (Wildman–Crippen MR) is 94.7 cm³/mol. The number of ether oxygens (including phenoxy) is 1. The number of aliphatic hydroxyl groups excluding tert-OH is 1. The van der Waals surface area contributed by atoms with Gasteiger partial charge in [-0.1, -0.05) is 12.1 Å². The maximum absolute atomic E-state index is 13.4. The van der Waals surface area contributed by atoms with Gasteiger partial charge in [0.25, 0.3) is 6.43 Å². The molecule has 1 aliphatic rings. The summed E-state index contributed by atoms with van der Waals surface area (Å²) in [5.74, 6) is -0.00720. The van der Waals surface area contributed by atoms with Crippen LogP contribution in [0.3, 0.4) is 0 Å². The van der Waals surface area contributed by atoms with Crippen LogP contribution in [0.2, 0.25) is 0 Å². The van der Waals surface area contributed by atoms with Crippen LogP contribution in [0.15, 0.2) is 30.3 Å². The van der Waals surface area contributed by atoms with E-state index in [-0.39, 0.29) is 17.2 Å². The lowest BCUT2D eigenvalue weighted by Gasteiger charge is -2.23. The molecule has 0 radical (unpaired) electrons. The van der Waals surface area contributed by atoms with Gasteiger partial charge < -0.3 is 19.9 Å². The third kappa shape index (κ3) is 3.26. The summed E-state index contributed by atoms with van der Waals surface area (Å²) in [7, 11) is 0. The molecule has 1 aliphatic heterocycles. The Balaban J connectivity index is 1.89. The van der Waals surface area contributed by atoms with E-state index >= 15 is 0 Å². The normalized spacial score (nSPS) is 16.9. The highest BCUT2D eigenvalue weighted by molar-refractivity contribution is 5.86. The third-order valence-corrected chi connectivity index (χ3v) is 4.97. The summed E-state index contributed by atoms with van der Waals surface area (Å²) in [5.41, 5.74) is 1.84. The van der Waals surface area contributed by atoms with E-state index in [2.05, 4.69) is 15.2 Å². The van der Waals surface area contributed by atoms with Gasteiger partial charge in [-0.05, 0) is 31.0 Å². The molecule has 1 atom stereocenters. The molecule has 2 aromatic heterocycles. The lowest BCUT2D eigenvalue weighted by atomic mass is 9.91. The molecule has 1 saturated heterocycles. The highest BCUT2D eigenvalue weighted by Gasteiger charge is 2.31. The Hall–Kier alpha value is -2.58. The van der Waals surface area contributed by atoms with Gasteiger partial charge in [0.15, 0.2) is 5.65 Å². The lowest BCUT2D eigenvalue weighted by molar-refractivity contribution is -0.00609. The number of para-hydroxylation sites is 1. The number of halogens is 2. The van der Waals surface area contributed by atoms with Crippen molar-refractivity contribution >= 4 is 11.0 Å². The first-order valence-corrected chi connectivity index (χ1v) is 8.77. The van der Waals surface area contributed by atoms with E-state index in [1.54, 1.807) is 24.3 Å². The molecular weight excluding hydrogens is 356 g/mol. The molecule has 8 heteroatoms. The van der Waals surface area contributed by atoms with E-state index in [1.165, 1.54) is 6.07 Å². The van der Waals surface area contributed by atoms with Crippen LogP contribution in [0.1, 0.15) is 36.1 Å². The number of aromatic nitrogens is 3. The Labute approximate surface area is 153 Å².